The van der Waals surface area contributed by atoms with E-state index in [1.165, 1.54) is 0 Å². The van der Waals surface area contributed by atoms with Gasteiger partial charge in [0, 0.05) is 22.1 Å². The van der Waals surface area contributed by atoms with Gasteiger partial charge in [-0.25, -0.2) is 22.0 Å². The van der Waals surface area contributed by atoms with Crippen LogP contribution in [0.5, 0.6) is 0 Å². The van der Waals surface area contributed by atoms with Gasteiger partial charge in [0.1, 0.15) is 0 Å². The third-order valence-corrected chi connectivity index (χ3v) is 6.54. The van der Waals surface area contributed by atoms with E-state index in [1.807, 2.05) is 5.32 Å². The van der Waals surface area contributed by atoms with Crippen molar-refractivity contribution < 1.29 is 84.0 Å². The molecule has 234 valence electrons. The minimum absolute atomic E-state index is 0.150. The zero-order chi connectivity index (χ0) is 33.2. The summed E-state index contributed by atoms with van der Waals surface area (Å²) in [6.07, 6.45) is -6.96. The lowest BCUT2D eigenvalue weighted by Crippen LogP contribution is -2.59. The first-order chi connectivity index (χ1) is 19.3. The number of imide groups is 1. The molecule has 6 nitrogen and oxygen atoms in total. The van der Waals surface area contributed by atoms with Gasteiger partial charge in [0.2, 0.25) is 5.82 Å². The van der Waals surface area contributed by atoms with Crippen LogP contribution in [-0.4, -0.2) is 42.8 Å². The Morgan fingerprint density at radius 3 is 1.51 bits per heavy atom. The third-order valence-electron chi connectivity index (χ3n) is 5.67. The van der Waals surface area contributed by atoms with E-state index in [-0.39, 0.29) is 6.07 Å². The predicted octanol–water partition coefficient (Wildman–Crippen LogP) is 6.28. The maximum absolute atomic E-state index is 14.4. The van der Waals surface area contributed by atoms with Crippen molar-refractivity contribution in [3.05, 3.63) is 76.1 Å². The molecule has 0 atom stereocenters. The van der Waals surface area contributed by atoms with Crippen LogP contribution >= 0.6 is 0 Å². The van der Waals surface area contributed by atoms with E-state index in [1.54, 1.807) is 0 Å². The molecule has 0 radical (unpaired) electrons. The molecule has 0 saturated heterocycles. The Bertz CT molecular complexity index is 1740. The van der Waals surface area contributed by atoms with E-state index < -0.39 is 107 Å². The van der Waals surface area contributed by atoms with Crippen LogP contribution in [-0.2, 0) is 16.0 Å². The first-order valence-corrected chi connectivity index (χ1v) is 11.9. The summed E-state index contributed by atoms with van der Waals surface area (Å²) in [7, 11) is -5.52. The molecule has 2 N–H and O–H groups in total. The predicted molar refractivity (Wildman–Crippen MR) is 112 cm³/mol. The van der Waals surface area contributed by atoms with E-state index in [0.717, 1.165) is 12.1 Å². The average molecular weight is 663 g/mol. The highest BCUT2D eigenvalue weighted by atomic mass is 32.2. The van der Waals surface area contributed by atoms with Crippen LogP contribution in [0, 0.1) is 29.1 Å². The van der Waals surface area contributed by atoms with E-state index in [0.29, 0.717) is 12.1 Å². The number of benzene rings is 3. The molecule has 4 rings (SSSR count). The van der Waals surface area contributed by atoms with Crippen molar-refractivity contribution in [2.45, 2.75) is 28.8 Å². The second kappa shape index (κ2) is 10.3. The summed E-state index contributed by atoms with van der Waals surface area (Å²) in [5.41, 5.74) is -2.70. The number of hydrogen-bond acceptors (Lipinski definition) is 4. The summed E-state index contributed by atoms with van der Waals surface area (Å²) in [5.74, 6) is -34.7. The molecule has 0 bridgehead atoms. The summed E-state index contributed by atoms with van der Waals surface area (Å²) in [5, 5.41) is 0.360. The van der Waals surface area contributed by atoms with Gasteiger partial charge in [0.05, 0.1) is 0 Å². The van der Waals surface area contributed by atoms with Crippen molar-refractivity contribution in [1.82, 2.24) is 5.32 Å². The van der Waals surface area contributed by atoms with Gasteiger partial charge in [0.25, 0.3) is 11.8 Å². The minimum atomic E-state index is -7.06. The molecule has 0 aliphatic carbocycles. The highest BCUT2D eigenvalue weighted by Gasteiger charge is 2.82. The Morgan fingerprint density at radius 2 is 1.07 bits per heavy atom. The maximum Gasteiger partial charge on any atom is 0.460 e. The molecule has 1 aliphatic heterocycles. The molecule has 0 unspecified atom stereocenters. The Kier molecular flexibility index (Phi) is 8.03. The lowest BCUT2D eigenvalue weighted by atomic mass is 9.87. The number of hydrogen-bond donors (Lipinski definition) is 2. The third kappa shape index (κ3) is 5.12. The van der Waals surface area contributed by atoms with Crippen LogP contribution in [0.25, 0.3) is 10.8 Å². The molecule has 1 aliphatic rings. The number of nitrogens with one attached hydrogen (secondary N) is 1. The van der Waals surface area contributed by atoms with Crippen LogP contribution in [0.15, 0.2) is 35.2 Å². The summed E-state index contributed by atoms with van der Waals surface area (Å²) in [4.78, 5) is 21.3. The molecule has 43 heavy (non-hydrogen) atoms. The van der Waals surface area contributed by atoms with Gasteiger partial charge in [0.15, 0.2) is 28.2 Å². The van der Waals surface area contributed by atoms with Crippen molar-refractivity contribution in [2.75, 3.05) is 0 Å². The number of rotatable bonds is 4. The van der Waals surface area contributed by atoms with Gasteiger partial charge >= 0.3 is 34.1 Å². The van der Waals surface area contributed by atoms with Crippen molar-refractivity contribution in [3.8, 4) is 0 Å². The Labute approximate surface area is 227 Å². The van der Waals surface area contributed by atoms with Crippen LogP contribution in [0.1, 0.15) is 26.3 Å². The van der Waals surface area contributed by atoms with Gasteiger partial charge in [-0.05, 0) is 17.5 Å². The first kappa shape index (κ1) is 33.5. The fraction of sp³-hybridized carbons (Fsp3) is 0.182. The fourth-order valence-corrected chi connectivity index (χ4v) is 4.28. The monoisotopic (exact) mass is 663 g/mol. The van der Waals surface area contributed by atoms with Gasteiger partial charge in [-0.1, -0.05) is 18.2 Å². The molecule has 0 aromatic heterocycles. The Hall–Kier alpha value is -4.01. The molecule has 0 fully saturated rings. The quantitative estimate of drug-likeness (QED) is 0.113. The lowest BCUT2D eigenvalue weighted by molar-refractivity contribution is -0.399. The van der Waals surface area contributed by atoms with E-state index in [9.17, 15) is 79.5 Å². The molecule has 1 heterocycles. The molecular formula is C22H7F14NO5S. The summed E-state index contributed by atoms with van der Waals surface area (Å²) in [6, 6.07) is 3.36. The zero-order valence-electron chi connectivity index (χ0n) is 19.7. The molecular weight excluding hydrogens is 656 g/mol. The Morgan fingerprint density at radius 1 is 0.628 bits per heavy atom. The second-order valence-corrected chi connectivity index (χ2v) is 9.63. The number of amides is 2. The first-order valence-electron chi connectivity index (χ1n) is 10.4. The summed E-state index contributed by atoms with van der Waals surface area (Å²) >= 11 is 0. The van der Waals surface area contributed by atoms with Crippen molar-refractivity contribution in [3.63, 3.8) is 0 Å². The number of halogens is 14. The second-order valence-electron chi connectivity index (χ2n) is 8.27. The van der Waals surface area contributed by atoms with Crippen LogP contribution < -0.4 is 5.32 Å². The van der Waals surface area contributed by atoms with Crippen molar-refractivity contribution in [2.24, 2.45) is 0 Å². The van der Waals surface area contributed by atoms with Crippen molar-refractivity contribution >= 4 is 32.7 Å². The van der Waals surface area contributed by atoms with Gasteiger partial charge in [-0.15, -0.1) is 0 Å². The smallest absolute Gasteiger partial charge is 0.288 e. The average Bonchev–Trinajstić information content (AvgIpc) is 2.87. The lowest BCUT2D eigenvalue weighted by Gasteiger charge is -2.34. The standard InChI is InChI=1S/C16H6F9NO2.C6HF5O3S/c17-13(18,14(19,20)15(21,22)16(23,24)25)9-5-4-8-10-6(9)2-1-3-7(10)11(27)26-12(8)28;7-1-2(8)4(10)6(15(12,13)14)5(11)3(1)9/h1-5H,(H,26,27,28);(H,12,13,14). The molecule has 0 spiro atoms. The zero-order valence-corrected chi connectivity index (χ0v) is 20.5. The molecule has 3 aromatic rings. The summed E-state index contributed by atoms with van der Waals surface area (Å²) < 4.78 is 211. The SMILES string of the molecule is O=C1NC(=O)c2ccc(C(F)(F)C(F)(F)C(F)(F)C(F)(F)F)c3cccc1c23.O=S(=O)(O)c1c(F)c(F)c(F)c(F)c1F. The number of alkyl halides is 9. The molecule has 21 heteroatoms. The number of carbonyl (C=O) groups excluding carboxylic acids is 2. The summed E-state index contributed by atoms with van der Waals surface area (Å²) in [6.45, 7) is 0. The van der Waals surface area contributed by atoms with E-state index >= 15 is 0 Å². The van der Waals surface area contributed by atoms with Crippen LogP contribution in [0.2, 0.25) is 0 Å². The highest BCUT2D eigenvalue weighted by Crippen LogP contribution is 2.57. The molecule has 0 saturated carbocycles. The largest absolute Gasteiger partial charge is 0.460 e. The Balaban J connectivity index is 0.000000285. The van der Waals surface area contributed by atoms with Crippen LogP contribution in [0.3, 0.4) is 0 Å². The minimum Gasteiger partial charge on any atom is -0.288 e. The van der Waals surface area contributed by atoms with Crippen molar-refractivity contribution in [1.29, 1.82) is 0 Å². The normalized spacial score (nSPS) is 14.4. The topological polar surface area (TPSA) is 101 Å². The molecule has 3 aromatic carbocycles. The van der Waals surface area contributed by atoms with Gasteiger partial charge in [-0.3, -0.25) is 19.5 Å². The highest BCUT2D eigenvalue weighted by molar-refractivity contribution is 7.85. The van der Waals surface area contributed by atoms with Gasteiger partial charge in [-0.2, -0.15) is 47.9 Å². The molecule has 2 amide bonds. The van der Waals surface area contributed by atoms with Gasteiger partial charge < -0.3 is 0 Å². The van der Waals surface area contributed by atoms with E-state index in [4.69, 9.17) is 4.55 Å². The number of carbonyl (C=O) groups is 2. The maximum atomic E-state index is 14.4. The van der Waals surface area contributed by atoms with Crippen LogP contribution in [0.4, 0.5) is 61.5 Å². The van der Waals surface area contributed by atoms with E-state index in [2.05, 4.69) is 0 Å². The fourth-order valence-electron chi connectivity index (χ4n) is 3.65.